The molecule has 4 aliphatic rings. The second-order valence-corrected chi connectivity index (χ2v) is 5.58. The third kappa shape index (κ3) is 0.891. The molecular formula is C11H18O. The maximum Gasteiger partial charge on any atom is 0.0487 e. The van der Waals surface area contributed by atoms with Gasteiger partial charge in [-0.1, -0.05) is 0 Å². The molecule has 0 heterocycles. The van der Waals surface area contributed by atoms with E-state index in [1.165, 1.54) is 38.5 Å². The molecular weight excluding hydrogens is 148 g/mol. The van der Waals surface area contributed by atoms with Crippen molar-refractivity contribution in [1.82, 2.24) is 0 Å². The lowest BCUT2D eigenvalue weighted by atomic mass is 9.50. The van der Waals surface area contributed by atoms with Crippen LogP contribution in [0.2, 0.25) is 0 Å². The van der Waals surface area contributed by atoms with E-state index < -0.39 is 0 Å². The molecule has 0 spiro atoms. The maximum atomic E-state index is 9.43. The van der Waals surface area contributed by atoms with Crippen LogP contribution < -0.4 is 0 Å². The molecule has 0 unspecified atom stereocenters. The van der Waals surface area contributed by atoms with Crippen molar-refractivity contribution < 1.29 is 5.11 Å². The third-order valence-corrected chi connectivity index (χ3v) is 4.50. The molecule has 0 aromatic carbocycles. The quantitative estimate of drug-likeness (QED) is 0.633. The van der Waals surface area contributed by atoms with Crippen molar-refractivity contribution in [3.05, 3.63) is 0 Å². The van der Waals surface area contributed by atoms with Crippen molar-refractivity contribution >= 4 is 0 Å². The Kier molecular flexibility index (Phi) is 1.39. The van der Waals surface area contributed by atoms with E-state index in [-0.39, 0.29) is 0 Å². The Balaban J connectivity index is 1.90. The normalized spacial score (nSPS) is 56.2. The fourth-order valence-corrected chi connectivity index (χ4v) is 4.48. The van der Waals surface area contributed by atoms with Gasteiger partial charge in [-0.25, -0.2) is 0 Å². The Morgan fingerprint density at radius 1 is 0.917 bits per heavy atom. The average Bonchev–Trinajstić information content (AvgIpc) is 2.02. The van der Waals surface area contributed by atoms with Crippen LogP contribution in [0.1, 0.15) is 38.5 Å². The SMILES string of the molecule is OCC12CC3C[C@H](C1)C[C@@H](C3)C2. The molecule has 0 aliphatic heterocycles. The number of aliphatic hydroxyl groups excluding tert-OH is 1. The van der Waals surface area contributed by atoms with Gasteiger partial charge in [-0.3, -0.25) is 0 Å². The average molecular weight is 166 g/mol. The van der Waals surface area contributed by atoms with Gasteiger partial charge in [0.1, 0.15) is 0 Å². The summed E-state index contributed by atoms with van der Waals surface area (Å²) in [7, 11) is 0. The molecule has 68 valence electrons. The van der Waals surface area contributed by atoms with Crippen LogP contribution in [0, 0.1) is 23.2 Å². The summed E-state index contributed by atoms with van der Waals surface area (Å²) in [6.45, 7) is 0.469. The first kappa shape index (κ1) is 7.37. The summed E-state index contributed by atoms with van der Waals surface area (Å²) < 4.78 is 0. The summed E-state index contributed by atoms with van der Waals surface area (Å²) in [5.74, 6) is 2.97. The summed E-state index contributed by atoms with van der Waals surface area (Å²) in [5.41, 5.74) is 0.398. The molecule has 12 heavy (non-hydrogen) atoms. The lowest BCUT2D eigenvalue weighted by molar-refractivity contribution is -0.0798. The van der Waals surface area contributed by atoms with Gasteiger partial charge in [0.05, 0.1) is 0 Å². The van der Waals surface area contributed by atoms with Crippen molar-refractivity contribution in [1.29, 1.82) is 0 Å². The first-order valence-electron chi connectivity index (χ1n) is 5.40. The van der Waals surface area contributed by atoms with Crippen LogP contribution in [0.3, 0.4) is 0 Å². The first-order chi connectivity index (χ1) is 5.80. The highest BCUT2D eigenvalue weighted by Gasteiger charge is 2.50. The van der Waals surface area contributed by atoms with E-state index in [2.05, 4.69) is 0 Å². The highest BCUT2D eigenvalue weighted by atomic mass is 16.3. The van der Waals surface area contributed by atoms with Gasteiger partial charge in [0.25, 0.3) is 0 Å². The monoisotopic (exact) mass is 166 g/mol. The largest absolute Gasteiger partial charge is 0.396 e. The highest BCUT2D eigenvalue weighted by molar-refractivity contribution is 5.00. The Bertz CT molecular complexity index is 162. The smallest absolute Gasteiger partial charge is 0.0487 e. The zero-order valence-corrected chi connectivity index (χ0v) is 7.63. The zero-order valence-electron chi connectivity index (χ0n) is 7.63. The standard InChI is InChI=1S/C11H18O/c12-7-11-4-8-1-9(5-11)3-10(2-8)6-11/h8-10,12H,1-7H2/t8-,9+,10?,11?. The van der Waals surface area contributed by atoms with Gasteiger partial charge in [-0.05, 0) is 61.7 Å². The molecule has 0 aromatic rings. The molecule has 0 aromatic heterocycles. The van der Waals surface area contributed by atoms with Crippen molar-refractivity contribution in [2.24, 2.45) is 23.2 Å². The fraction of sp³-hybridized carbons (Fsp3) is 1.00. The Morgan fingerprint density at radius 2 is 1.33 bits per heavy atom. The molecule has 1 N–H and O–H groups in total. The molecule has 0 radical (unpaired) electrons. The first-order valence-corrected chi connectivity index (χ1v) is 5.40. The van der Waals surface area contributed by atoms with Crippen LogP contribution in [0.5, 0.6) is 0 Å². The van der Waals surface area contributed by atoms with Gasteiger partial charge >= 0.3 is 0 Å². The summed E-state index contributed by atoms with van der Waals surface area (Å²) in [6.07, 6.45) is 8.48. The number of hydrogen-bond donors (Lipinski definition) is 1. The van der Waals surface area contributed by atoms with E-state index in [1.807, 2.05) is 0 Å². The van der Waals surface area contributed by atoms with Crippen LogP contribution in [0.15, 0.2) is 0 Å². The van der Waals surface area contributed by atoms with Gasteiger partial charge in [-0.2, -0.15) is 0 Å². The van der Waals surface area contributed by atoms with Gasteiger partial charge in [0.15, 0.2) is 0 Å². The van der Waals surface area contributed by atoms with Gasteiger partial charge in [0.2, 0.25) is 0 Å². The molecule has 0 saturated heterocycles. The van der Waals surface area contributed by atoms with Crippen LogP contribution in [-0.2, 0) is 0 Å². The van der Waals surface area contributed by atoms with Gasteiger partial charge in [0, 0.05) is 6.61 Å². The molecule has 4 saturated carbocycles. The number of rotatable bonds is 1. The number of hydrogen-bond acceptors (Lipinski definition) is 1. The predicted octanol–water partition coefficient (Wildman–Crippen LogP) is 2.20. The Morgan fingerprint density at radius 3 is 1.67 bits per heavy atom. The Hall–Kier alpha value is -0.0400. The minimum Gasteiger partial charge on any atom is -0.396 e. The molecule has 4 bridgehead atoms. The van der Waals surface area contributed by atoms with Crippen molar-refractivity contribution in [3.8, 4) is 0 Å². The Labute approximate surface area is 74.2 Å². The molecule has 4 fully saturated rings. The minimum absolute atomic E-state index is 0.398. The van der Waals surface area contributed by atoms with Crippen LogP contribution in [-0.4, -0.2) is 11.7 Å². The summed E-state index contributed by atoms with van der Waals surface area (Å²) in [6, 6.07) is 0. The van der Waals surface area contributed by atoms with E-state index in [0.29, 0.717) is 12.0 Å². The van der Waals surface area contributed by atoms with Crippen molar-refractivity contribution in [3.63, 3.8) is 0 Å². The topological polar surface area (TPSA) is 20.2 Å². The van der Waals surface area contributed by atoms with E-state index in [1.54, 1.807) is 0 Å². The fourth-order valence-electron chi connectivity index (χ4n) is 4.48. The molecule has 4 rings (SSSR count). The zero-order chi connectivity index (χ0) is 8.18. The van der Waals surface area contributed by atoms with E-state index in [0.717, 1.165) is 17.8 Å². The third-order valence-electron chi connectivity index (χ3n) is 4.50. The van der Waals surface area contributed by atoms with E-state index in [4.69, 9.17) is 0 Å². The lowest BCUT2D eigenvalue weighted by Gasteiger charge is -2.56. The molecule has 1 nitrogen and oxygen atoms in total. The summed E-state index contributed by atoms with van der Waals surface area (Å²) in [5, 5.41) is 9.43. The second kappa shape index (κ2) is 2.25. The summed E-state index contributed by atoms with van der Waals surface area (Å²) >= 11 is 0. The van der Waals surface area contributed by atoms with Crippen LogP contribution in [0.4, 0.5) is 0 Å². The van der Waals surface area contributed by atoms with Crippen LogP contribution >= 0.6 is 0 Å². The lowest BCUT2D eigenvalue weighted by Crippen LogP contribution is -2.47. The second-order valence-electron chi connectivity index (χ2n) is 5.58. The maximum absolute atomic E-state index is 9.43. The molecule has 0 amide bonds. The van der Waals surface area contributed by atoms with Crippen molar-refractivity contribution in [2.45, 2.75) is 38.5 Å². The number of aliphatic hydroxyl groups is 1. The van der Waals surface area contributed by atoms with Gasteiger partial charge < -0.3 is 5.11 Å². The van der Waals surface area contributed by atoms with Crippen LogP contribution in [0.25, 0.3) is 0 Å². The van der Waals surface area contributed by atoms with Crippen molar-refractivity contribution in [2.75, 3.05) is 6.61 Å². The minimum atomic E-state index is 0.398. The molecule has 4 aliphatic carbocycles. The predicted molar refractivity (Wildman–Crippen MR) is 47.7 cm³/mol. The van der Waals surface area contributed by atoms with Gasteiger partial charge in [-0.15, -0.1) is 0 Å². The van der Waals surface area contributed by atoms with E-state index >= 15 is 0 Å². The highest BCUT2D eigenvalue weighted by Crippen LogP contribution is 2.59. The summed E-state index contributed by atoms with van der Waals surface area (Å²) in [4.78, 5) is 0. The molecule has 1 heteroatoms. The molecule has 0 atom stereocenters. The van der Waals surface area contributed by atoms with E-state index in [9.17, 15) is 5.11 Å².